The molecule has 104 valence electrons. The van der Waals surface area contributed by atoms with Crippen molar-refractivity contribution in [1.82, 2.24) is 5.32 Å². The standard InChI is InChI=1S/C13H16N2O3.ClH/c1-18-13(17)9-4-2-5-10(8-9)15-12(16)11-6-3-7-14-11;/h2,4-5,8,11,14H,3,6-7H2,1H3,(H,15,16);1H/t11-;/m0./s1. The van der Waals surface area contributed by atoms with Crippen LogP contribution in [0, 0.1) is 0 Å². The average Bonchev–Trinajstić information content (AvgIpc) is 2.92. The number of benzene rings is 1. The van der Waals surface area contributed by atoms with Crippen LogP contribution in [0.2, 0.25) is 0 Å². The average molecular weight is 285 g/mol. The Morgan fingerprint density at radius 3 is 2.84 bits per heavy atom. The van der Waals surface area contributed by atoms with Gasteiger partial charge in [0, 0.05) is 5.69 Å². The molecule has 1 atom stereocenters. The summed E-state index contributed by atoms with van der Waals surface area (Å²) < 4.78 is 4.63. The quantitative estimate of drug-likeness (QED) is 0.827. The van der Waals surface area contributed by atoms with Gasteiger partial charge in [0.05, 0.1) is 18.7 Å². The molecule has 0 radical (unpaired) electrons. The molecule has 0 unspecified atom stereocenters. The molecule has 2 rings (SSSR count). The van der Waals surface area contributed by atoms with E-state index in [9.17, 15) is 9.59 Å². The number of anilines is 1. The summed E-state index contributed by atoms with van der Waals surface area (Å²) in [5.41, 5.74) is 1.03. The van der Waals surface area contributed by atoms with Crippen LogP contribution in [0.4, 0.5) is 5.69 Å². The van der Waals surface area contributed by atoms with Gasteiger partial charge in [-0.15, -0.1) is 12.4 Å². The lowest BCUT2D eigenvalue weighted by Crippen LogP contribution is -2.35. The van der Waals surface area contributed by atoms with Gasteiger partial charge in [-0.25, -0.2) is 4.79 Å². The first kappa shape index (κ1) is 15.5. The topological polar surface area (TPSA) is 67.4 Å². The Labute approximate surface area is 118 Å². The van der Waals surface area contributed by atoms with Crippen molar-refractivity contribution in [2.45, 2.75) is 18.9 Å². The molecular formula is C13H17ClN2O3. The van der Waals surface area contributed by atoms with E-state index in [2.05, 4.69) is 15.4 Å². The van der Waals surface area contributed by atoms with Gasteiger partial charge in [-0.1, -0.05) is 6.07 Å². The molecule has 0 saturated carbocycles. The van der Waals surface area contributed by atoms with Crippen molar-refractivity contribution in [2.24, 2.45) is 0 Å². The van der Waals surface area contributed by atoms with Gasteiger partial charge >= 0.3 is 5.97 Å². The molecular weight excluding hydrogens is 268 g/mol. The molecule has 1 saturated heterocycles. The van der Waals surface area contributed by atoms with E-state index >= 15 is 0 Å². The normalized spacial score (nSPS) is 17.4. The molecule has 0 aliphatic carbocycles. The monoisotopic (exact) mass is 284 g/mol. The zero-order valence-corrected chi connectivity index (χ0v) is 11.5. The van der Waals surface area contributed by atoms with Crippen LogP contribution >= 0.6 is 12.4 Å². The zero-order chi connectivity index (χ0) is 13.0. The second-order valence-corrected chi connectivity index (χ2v) is 4.21. The van der Waals surface area contributed by atoms with Crippen LogP contribution in [0.1, 0.15) is 23.2 Å². The molecule has 1 heterocycles. The molecule has 1 aromatic carbocycles. The third-order valence-electron chi connectivity index (χ3n) is 2.93. The number of esters is 1. The first-order chi connectivity index (χ1) is 8.70. The Kier molecular flexibility index (Phi) is 5.79. The second-order valence-electron chi connectivity index (χ2n) is 4.21. The Morgan fingerprint density at radius 2 is 2.21 bits per heavy atom. The molecule has 2 N–H and O–H groups in total. The minimum Gasteiger partial charge on any atom is -0.465 e. The van der Waals surface area contributed by atoms with E-state index in [0.29, 0.717) is 11.3 Å². The summed E-state index contributed by atoms with van der Waals surface area (Å²) in [4.78, 5) is 23.2. The summed E-state index contributed by atoms with van der Waals surface area (Å²) in [7, 11) is 1.33. The number of ether oxygens (including phenoxy) is 1. The molecule has 0 spiro atoms. The smallest absolute Gasteiger partial charge is 0.337 e. The lowest BCUT2D eigenvalue weighted by molar-refractivity contribution is -0.117. The van der Waals surface area contributed by atoms with Gasteiger partial charge in [0.25, 0.3) is 0 Å². The van der Waals surface area contributed by atoms with Crippen molar-refractivity contribution in [2.75, 3.05) is 19.0 Å². The van der Waals surface area contributed by atoms with E-state index in [-0.39, 0.29) is 24.4 Å². The molecule has 1 aliphatic rings. The first-order valence-corrected chi connectivity index (χ1v) is 5.93. The summed E-state index contributed by atoms with van der Waals surface area (Å²) in [5.74, 6) is -0.473. The van der Waals surface area contributed by atoms with Crippen molar-refractivity contribution in [3.8, 4) is 0 Å². The number of hydrogen-bond donors (Lipinski definition) is 2. The molecule has 1 aromatic rings. The van der Waals surface area contributed by atoms with E-state index in [1.165, 1.54) is 7.11 Å². The molecule has 1 aliphatic heterocycles. The maximum Gasteiger partial charge on any atom is 0.337 e. The predicted molar refractivity (Wildman–Crippen MR) is 74.7 cm³/mol. The number of amides is 1. The minimum absolute atomic E-state index is 0. The number of nitrogens with one attached hydrogen (secondary N) is 2. The van der Waals surface area contributed by atoms with Gasteiger partial charge in [0.15, 0.2) is 0 Å². The molecule has 1 amide bonds. The number of halogens is 1. The Bertz CT molecular complexity index is 459. The highest BCUT2D eigenvalue weighted by atomic mass is 35.5. The fourth-order valence-electron chi connectivity index (χ4n) is 1.98. The molecule has 1 fully saturated rings. The SMILES string of the molecule is COC(=O)c1cccc(NC(=O)[C@@H]2CCCN2)c1.Cl. The third kappa shape index (κ3) is 3.94. The minimum atomic E-state index is -0.412. The summed E-state index contributed by atoms with van der Waals surface area (Å²) in [6.07, 6.45) is 1.86. The van der Waals surface area contributed by atoms with Crippen molar-refractivity contribution >= 4 is 30.0 Å². The molecule has 6 heteroatoms. The van der Waals surface area contributed by atoms with Gasteiger partial charge < -0.3 is 15.4 Å². The zero-order valence-electron chi connectivity index (χ0n) is 10.6. The van der Waals surface area contributed by atoms with Crippen molar-refractivity contribution in [3.63, 3.8) is 0 Å². The predicted octanol–water partition coefficient (Wildman–Crippen LogP) is 1.59. The number of methoxy groups -OCH3 is 1. The lowest BCUT2D eigenvalue weighted by atomic mass is 10.2. The largest absolute Gasteiger partial charge is 0.465 e. The van der Waals surface area contributed by atoms with Crippen LogP contribution in [0.3, 0.4) is 0 Å². The van der Waals surface area contributed by atoms with E-state index < -0.39 is 5.97 Å². The van der Waals surface area contributed by atoms with E-state index in [0.717, 1.165) is 19.4 Å². The van der Waals surface area contributed by atoms with Crippen LogP contribution in [0.25, 0.3) is 0 Å². The van der Waals surface area contributed by atoms with Gasteiger partial charge in [0.2, 0.25) is 5.91 Å². The Balaban J connectivity index is 0.00000180. The highest BCUT2D eigenvalue weighted by molar-refractivity contribution is 5.97. The van der Waals surface area contributed by atoms with Gasteiger partial charge in [-0.05, 0) is 37.6 Å². The second kappa shape index (κ2) is 7.11. The van der Waals surface area contributed by atoms with Crippen LogP contribution in [0.15, 0.2) is 24.3 Å². The van der Waals surface area contributed by atoms with Crippen LogP contribution < -0.4 is 10.6 Å². The summed E-state index contributed by atoms with van der Waals surface area (Å²) >= 11 is 0. The van der Waals surface area contributed by atoms with Gasteiger partial charge in [0.1, 0.15) is 0 Å². The molecule has 19 heavy (non-hydrogen) atoms. The Morgan fingerprint density at radius 1 is 1.42 bits per heavy atom. The number of rotatable bonds is 3. The number of carbonyl (C=O) groups is 2. The summed E-state index contributed by atoms with van der Waals surface area (Å²) in [5, 5.41) is 5.92. The number of carbonyl (C=O) groups excluding carboxylic acids is 2. The van der Waals surface area contributed by atoms with Crippen LogP contribution in [0.5, 0.6) is 0 Å². The fraction of sp³-hybridized carbons (Fsp3) is 0.385. The van der Waals surface area contributed by atoms with Crippen LogP contribution in [-0.2, 0) is 9.53 Å². The Hall–Kier alpha value is -1.59. The molecule has 0 aromatic heterocycles. The third-order valence-corrected chi connectivity index (χ3v) is 2.93. The summed E-state index contributed by atoms with van der Waals surface area (Å²) in [6, 6.07) is 6.59. The van der Waals surface area contributed by atoms with Crippen molar-refractivity contribution in [1.29, 1.82) is 0 Å². The summed E-state index contributed by atoms with van der Waals surface area (Å²) in [6.45, 7) is 0.875. The molecule has 5 nitrogen and oxygen atoms in total. The van der Waals surface area contributed by atoms with E-state index in [4.69, 9.17) is 0 Å². The van der Waals surface area contributed by atoms with Crippen LogP contribution in [-0.4, -0.2) is 31.6 Å². The van der Waals surface area contributed by atoms with Crippen molar-refractivity contribution < 1.29 is 14.3 Å². The van der Waals surface area contributed by atoms with E-state index in [1.54, 1.807) is 24.3 Å². The number of hydrogen-bond acceptors (Lipinski definition) is 4. The van der Waals surface area contributed by atoms with E-state index in [1.807, 2.05) is 0 Å². The lowest BCUT2D eigenvalue weighted by Gasteiger charge is -2.11. The highest BCUT2D eigenvalue weighted by Crippen LogP contribution is 2.13. The maximum atomic E-state index is 11.9. The molecule has 0 bridgehead atoms. The highest BCUT2D eigenvalue weighted by Gasteiger charge is 2.22. The maximum absolute atomic E-state index is 11.9. The van der Waals surface area contributed by atoms with Crippen molar-refractivity contribution in [3.05, 3.63) is 29.8 Å². The first-order valence-electron chi connectivity index (χ1n) is 5.93. The fourth-order valence-corrected chi connectivity index (χ4v) is 1.98. The van der Waals surface area contributed by atoms with Gasteiger partial charge in [-0.2, -0.15) is 0 Å². The van der Waals surface area contributed by atoms with Gasteiger partial charge in [-0.3, -0.25) is 4.79 Å².